The number of anilines is 1. The number of hydrogen-bond acceptors (Lipinski definition) is 1. The summed E-state index contributed by atoms with van der Waals surface area (Å²) in [4.78, 5) is 13.8. The lowest BCUT2D eigenvalue weighted by Gasteiger charge is -2.26. The van der Waals surface area contributed by atoms with Gasteiger partial charge in [0.15, 0.2) is 0 Å². The smallest absolute Gasteiger partial charge is 0.321 e. The Kier molecular flexibility index (Phi) is 4.29. The Morgan fingerprint density at radius 1 is 1.29 bits per heavy atom. The molecule has 1 N–H and O–H groups in total. The lowest BCUT2D eigenvalue weighted by Crippen LogP contribution is -2.38. The van der Waals surface area contributed by atoms with E-state index in [1.807, 2.05) is 17.0 Å². The second-order valence-corrected chi connectivity index (χ2v) is 5.37. The summed E-state index contributed by atoms with van der Waals surface area (Å²) in [6.07, 6.45) is 3.40. The number of hydrogen-bond donors (Lipinski definition) is 1. The molecule has 0 aromatic heterocycles. The number of nitrogens with one attached hydrogen (secondary N) is 1. The van der Waals surface area contributed by atoms with Crippen LogP contribution in [-0.4, -0.2) is 24.0 Å². The molecule has 1 heterocycles. The number of likely N-dealkylation sites (tertiary alicyclic amines) is 1. The zero-order valence-electron chi connectivity index (χ0n) is 9.38. The summed E-state index contributed by atoms with van der Waals surface area (Å²) in [5.41, 5.74) is 0.730. The molecule has 2 rings (SSSR count). The predicted octanol–water partition coefficient (Wildman–Crippen LogP) is 4.12. The van der Waals surface area contributed by atoms with Crippen LogP contribution < -0.4 is 5.32 Å². The minimum atomic E-state index is -0.0388. The Hall–Kier alpha value is -0.740. The van der Waals surface area contributed by atoms with Crippen molar-refractivity contribution < 1.29 is 4.79 Å². The topological polar surface area (TPSA) is 32.3 Å². The molecule has 92 valence electrons. The molecule has 0 atom stereocenters. The van der Waals surface area contributed by atoms with Gasteiger partial charge in [-0.2, -0.15) is 0 Å². The summed E-state index contributed by atoms with van der Waals surface area (Å²) in [6.45, 7) is 1.69. The molecule has 0 unspecified atom stereocenters. The van der Waals surface area contributed by atoms with Gasteiger partial charge in [-0.25, -0.2) is 4.79 Å². The fraction of sp³-hybridized carbons (Fsp3) is 0.417. The van der Waals surface area contributed by atoms with Gasteiger partial charge >= 0.3 is 6.03 Å². The normalized spacial score (nSPS) is 15.8. The molecule has 0 bridgehead atoms. The van der Waals surface area contributed by atoms with E-state index in [1.165, 1.54) is 6.42 Å². The minimum Gasteiger partial charge on any atom is -0.325 e. The maximum Gasteiger partial charge on any atom is 0.321 e. The Labute approximate surface area is 114 Å². The van der Waals surface area contributed by atoms with Crippen molar-refractivity contribution >= 4 is 39.2 Å². The molecule has 0 radical (unpaired) electrons. The number of carbonyl (C=O) groups is 1. The first-order chi connectivity index (χ1) is 8.16. The number of halogens is 2. The van der Waals surface area contributed by atoms with Gasteiger partial charge in [-0.15, -0.1) is 0 Å². The van der Waals surface area contributed by atoms with Gasteiger partial charge in [0.05, 0.1) is 5.02 Å². The SMILES string of the molecule is O=C(Nc1ccc(Br)c(Cl)c1)N1CCCCC1. The van der Waals surface area contributed by atoms with Crippen LogP contribution in [0.1, 0.15) is 19.3 Å². The molecule has 2 amide bonds. The predicted molar refractivity (Wildman–Crippen MR) is 73.6 cm³/mol. The van der Waals surface area contributed by atoms with Crippen LogP contribution in [0.25, 0.3) is 0 Å². The van der Waals surface area contributed by atoms with Crippen LogP contribution in [0.3, 0.4) is 0 Å². The van der Waals surface area contributed by atoms with E-state index >= 15 is 0 Å². The van der Waals surface area contributed by atoms with Gasteiger partial charge in [0, 0.05) is 23.2 Å². The molecule has 0 saturated carbocycles. The van der Waals surface area contributed by atoms with E-state index in [0.29, 0.717) is 5.02 Å². The van der Waals surface area contributed by atoms with Crippen molar-refractivity contribution in [2.24, 2.45) is 0 Å². The number of benzene rings is 1. The van der Waals surface area contributed by atoms with Crippen molar-refractivity contribution in [2.75, 3.05) is 18.4 Å². The van der Waals surface area contributed by atoms with E-state index in [2.05, 4.69) is 21.2 Å². The molecule has 1 aromatic rings. The fourth-order valence-corrected chi connectivity index (χ4v) is 2.30. The maximum atomic E-state index is 11.9. The highest BCUT2D eigenvalue weighted by atomic mass is 79.9. The third kappa shape index (κ3) is 3.36. The molecular weight excluding hydrogens is 304 g/mol. The monoisotopic (exact) mass is 316 g/mol. The molecule has 0 aliphatic carbocycles. The number of piperidine rings is 1. The lowest BCUT2D eigenvalue weighted by atomic mass is 10.1. The first-order valence-electron chi connectivity index (χ1n) is 5.68. The van der Waals surface area contributed by atoms with Crippen molar-refractivity contribution in [1.82, 2.24) is 4.90 Å². The average molecular weight is 318 g/mol. The van der Waals surface area contributed by atoms with Gasteiger partial charge in [0.25, 0.3) is 0 Å². The Morgan fingerprint density at radius 3 is 2.65 bits per heavy atom. The Bertz CT molecular complexity index is 419. The molecule has 5 heteroatoms. The zero-order chi connectivity index (χ0) is 12.3. The number of carbonyl (C=O) groups excluding carboxylic acids is 1. The van der Waals surface area contributed by atoms with Crippen LogP contribution in [0.5, 0.6) is 0 Å². The third-order valence-corrected chi connectivity index (χ3v) is 4.05. The quantitative estimate of drug-likeness (QED) is 0.830. The van der Waals surface area contributed by atoms with Crippen LogP contribution >= 0.6 is 27.5 Å². The first-order valence-corrected chi connectivity index (χ1v) is 6.85. The standard InChI is InChI=1S/C12H14BrClN2O/c13-10-5-4-9(8-11(10)14)15-12(17)16-6-2-1-3-7-16/h4-5,8H,1-3,6-7H2,(H,15,17). The number of nitrogens with zero attached hydrogens (tertiary/aromatic N) is 1. The summed E-state index contributed by atoms with van der Waals surface area (Å²) in [5.74, 6) is 0. The van der Waals surface area contributed by atoms with E-state index in [-0.39, 0.29) is 6.03 Å². The van der Waals surface area contributed by atoms with E-state index in [0.717, 1.165) is 36.1 Å². The summed E-state index contributed by atoms with van der Waals surface area (Å²) in [5, 5.41) is 3.46. The highest BCUT2D eigenvalue weighted by Crippen LogP contribution is 2.25. The second kappa shape index (κ2) is 5.74. The Balaban J connectivity index is 1.99. The lowest BCUT2D eigenvalue weighted by molar-refractivity contribution is 0.200. The third-order valence-electron chi connectivity index (χ3n) is 2.81. The van der Waals surface area contributed by atoms with Crippen LogP contribution in [-0.2, 0) is 0 Å². The summed E-state index contributed by atoms with van der Waals surface area (Å²) in [7, 11) is 0. The zero-order valence-corrected chi connectivity index (χ0v) is 11.7. The Morgan fingerprint density at radius 2 is 2.00 bits per heavy atom. The van der Waals surface area contributed by atoms with Crippen molar-refractivity contribution in [1.29, 1.82) is 0 Å². The van der Waals surface area contributed by atoms with Gasteiger partial charge in [-0.1, -0.05) is 11.6 Å². The number of rotatable bonds is 1. The van der Waals surface area contributed by atoms with Crippen molar-refractivity contribution in [3.63, 3.8) is 0 Å². The molecule has 17 heavy (non-hydrogen) atoms. The number of amides is 2. The second-order valence-electron chi connectivity index (χ2n) is 4.11. The van der Waals surface area contributed by atoms with E-state index in [1.54, 1.807) is 6.07 Å². The highest BCUT2D eigenvalue weighted by Gasteiger charge is 2.16. The van der Waals surface area contributed by atoms with Crippen LogP contribution in [0.2, 0.25) is 5.02 Å². The summed E-state index contributed by atoms with van der Waals surface area (Å²) < 4.78 is 0.829. The van der Waals surface area contributed by atoms with Gasteiger partial charge in [0.1, 0.15) is 0 Å². The van der Waals surface area contributed by atoms with Gasteiger partial charge < -0.3 is 10.2 Å². The largest absolute Gasteiger partial charge is 0.325 e. The molecule has 1 aliphatic heterocycles. The van der Waals surface area contributed by atoms with E-state index in [4.69, 9.17) is 11.6 Å². The molecule has 3 nitrogen and oxygen atoms in total. The molecule has 1 fully saturated rings. The van der Waals surface area contributed by atoms with Crippen LogP contribution in [0, 0.1) is 0 Å². The maximum absolute atomic E-state index is 11.9. The summed E-state index contributed by atoms with van der Waals surface area (Å²) >= 11 is 9.29. The molecule has 0 spiro atoms. The van der Waals surface area contributed by atoms with E-state index < -0.39 is 0 Å². The first kappa shape index (κ1) is 12.7. The van der Waals surface area contributed by atoms with Crippen LogP contribution in [0.4, 0.5) is 10.5 Å². The van der Waals surface area contributed by atoms with Gasteiger partial charge in [0.2, 0.25) is 0 Å². The van der Waals surface area contributed by atoms with Crippen molar-refractivity contribution in [3.05, 3.63) is 27.7 Å². The summed E-state index contributed by atoms with van der Waals surface area (Å²) in [6, 6.07) is 5.36. The highest BCUT2D eigenvalue weighted by molar-refractivity contribution is 9.10. The van der Waals surface area contributed by atoms with Gasteiger partial charge in [-0.3, -0.25) is 0 Å². The van der Waals surface area contributed by atoms with E-state index in [9.17, 15) is 4.79 Å². The van der Waals surface area contributed by atoms with Crippen LogP contribution in [0.15, 0.2) is 22.7 Å². The molecule has 1 aromatic carbocycles. The number of urea groups is 1. The van der Waals surface area contributed by atoms with Crippen molar-refractivity contribution in [3.8, 4) is 0 Å². The molecular formula is C12H14BrClN2O. The minimum absolute atomic E-state index is 0.0388. The fourth-order valence-electron chi connectivity index (χ4n) is 1.87. The average Bonchev–Trinajstić information content (AvgIpc) is 2.35. The van der Waals surface area contributed by atoms with Crippen molar-refractivity contribution in [2.45, 2.75) is 19.3 Å². The van der Waals surface area contributed by atoms with Gasteiger partial charge in [-0.05, 0) is 53.4 Å². The molecule has 1 aliphatic rings. The molecule has 1 saturated heterocycles.